The summed E-state index contributed by atoms with van der Waals surface area (Å²) in [6, 6.07) is 1.12. The summed E-state index contributed by atoms with van der Waals surface area (Å²) in [6.07, 6.45) is -8.03. The lowest BCUT2D eigenvalue weighted by atomic mass is 10.1. The van der Waals surface area contributed by atoms with Crippen molar-refractivity contribution in [2.45, 2.75) is 19.5 Å². The van der Waals surface area contributed by atoms with Gasteiger partial charge in [0.2, 0.25) is 0 Å². The third-order valence-electron chi connectivity index (χ3n) is 1.62. The highest BCUT2D eigenvalue weighted by Crippen LogP contribution is 2.38. The van der Waals surface area contributed by atoms with Crippen LogP contribution in [0.2, 0.25) is 0 Å². The minimum atomic E-state index is -4.80. The monoisotopic (exact) mass is 337 g/mol. The average Bonchev–Trinajstić information content (AvgIpc) is 1.99. The maximum Gasteiger partial charge on any atom is 0.419 e. The van der Waals surface area contributed by atoms with Crippen molar-refractivity contribution in [3.63, 3.8) is 0 Å². The molecule has 7 heteroatoms. The summed E-state index contributed by atoms with van der Waals surface area (Å²) in [6.45, 7) is 1.37. The van der Waals surface area contributed by atoms with Crippen molar-refractivity contribution in [3.8, 4) is 0 Å². The molecule has 0 N–H and O–H groups in total. The Hall–Kier alpha value is -0.470. The zero-order chi connectivity index (χ0) is 11.8. The second-order valence-corrected chi connectivity index (χ2v) is 3.97. The summed E-state index contributed by atoms with van der Waals surface area (Å²) in [5.41, 5.74) is -2.40. The lowest BCUT2D eigenvalue weighted by Crippen LogP contribution is -2.14. The predicted molar refractivity (Wildman–Crippen MR) is 51.6 cm³/mol. The fourth-order valence-electron chi connectivity index (χ4n) is 1.09. The number of alkyl halides is 5. The molecule has 0 aliphatic heterocycles. The van der Waals surface area contributed by atoms with E-state index in [0.717, 1.165) is 6.07 Å². The molecule has 0 saturated heterocycles. The molecule has 0 fully saturated rings. The number of pyridine rings is 1. The maximum atomic E-state index is 12.4. The zero-order valence-electron chi connectivity index (χ0n) is 7.37. The second kappa shape index (κ2) is 4.18. The van der Waals surface area contributed by atoms with E-state index in [2.05, 4.69) is 4.98 Å². The molecule has 0 spiro atoms. The molecule has 0 aliphatic carbocycles. The first-order chi connectivity index (χ1) is 6.73. The van der Waals surface area contributed by atoms with E-state index in [-0.39, 0.29) is 9.26 Å². The van der Waals surface area contributed by atoms with Crippen LogP contribution in [0.5, 0.6) is 0 Å². The molecule has 0 amide bonds. The van der Waals surface area contributed by atoms with Gasteiger partial charge in [-0.15, -0.1) is 0 Å². The minimum Gasteiger partial charge on any atom is -0.251 e. The fourth-order valence-corrected chi connectivity index (χ4v) is 2.13. The number of halogens is 6. The molecule has 84 valence electrons. The molecule has 0 radical (unpaired) electrons. The van der Waals surface area contributed by atoms with E-state index in [1.54, 1.807) is 0 Å². The Balaban J connectivity index is 3.48. The van der Waals surface area contributed by atoms with Crippen LogP contribution in [0.3, 0.4) is 0 Å². The van der Waals surface area contributed by atoms with Gasteiger partial charge in [-0.3, -0.25) is 4.98 Å². The molecular weight excluding hydrogens is 332 g/mol. The van der Waals surface area contributed by atoms with E-state index in [0.29, 0.717) is 0 Å². The second-order valence-electron chi connectivity index (χ2n) is 2.80. The molecule has 1 aromatic heterocycles. The molecule has 1 heterocycles. The molecule has 1 nitrogen and oxygen atoms in total. The first-order valence-electron chi connectivity index (χ1n) is 3.76. The molecule has 0 saturated carbocycles. The molecule has 15 heavy (non-hydrogen) atoms. The smallest absolute Gasteiger partial charge is 0.251 e. The average molecular weight is 337 g/mol. The van der Waals surface area contributed by atoms with Crippen molar-refractivity contribution in [2.75, 3.05) is 0 Å². The Bertz CT molecular complexity index is 374. The first-order valence-corrected chi connectivity index (χ1v) is 4.83. The van der Waals surface area contributed by atoms with Gasteiger partial charge in [0, 0.05) is 9.26 Å². The van der Waals surface area contributed by atoms with Crippen LogP contribution in [-0.2, 0) is 6.18 Å². The van der Waals surface area contributed by atoms with Gasteiger partial charge in [0.25, 0.3) is 6.43 Å². The van der Waals surface area contributed by atoms with E-state index >= 15 is 0 Å². The minimum absolute atomic E-state index is 0.141. The van der Waals surface area contributed by atoms with E-state index < -0.39 is 23.9 Å². The Morgan fingerprint density at radius 3 is 2.27 bits per heavy atom. The molecule has 1 rings (SSSR count). The van der Waals surface area contributed by atoms with Gasteiger partial charge in [0.1, 0.15) is 5.69 Å². The summed E-state index contributed by atoms with van der Waals surface area (Å²) in [4.78, 5) is 3.23. The van der Waals surface area contributed by atoms with Gasteiger partial charge in [-0.25, -0.2) is 8.78 Å². The third-order valence-corrected chi connectivity index (χ3v) is 2.47. The van der Waals surface area contributed by atoms with Crippen molar-refractivity contribution in [3.05, 3.63) is 26.6 Å². The van der Waals surface area contributed by atoms with E-state index in [1.165, 1.54) is 29.5 Å². The van der Waals surface area contributed by atoms with Gasteiger partial charge < -0.3 is 0 Å². The number of aromatic nitrogens is 1. The van der Waals surface area contributed by atoms with Crippen molar-refractivity contribution in [1.82, 2.24) is 4.98 Å². The van der Waals surface area contributed by atoms with Crippen molar-refractivity contribution < 1.29 is 22.0 Å². The van der Waals surface area contributed by atoms with Gasteiger partial charge in [-0.05, 0) is 35.6 Å². The third kappa shape index (κ3) is 2.76. The van der Waals surface area contributed by atoms with E-state index in [1.807, 2.05) is 0 Å². The van der Waals surface area contributed by atoms with Crippen LogP contribution < -0.4 is 0 Å². The van der Waals surface area contributed by atoms with Crippen LogP contribution in [0.4, 0.5) is 22.0 Å². The summed E-state index contributed by atoms with van der Waals surface area (Å²) in [7, 11) is 0. The van der Waals surface area contributed by atoms with Crippen molar-refractivity contribution >= 4 is 22.6 Å². The summed E-state index contributed by atoms with van der Waals surface area (Å²) in [5.74, 6) is 0. The van der Waals surface area contributed by atoms with Gasteiger partial charge in [0.15, 0.2) is 0 Å². The Morgan fingerprint density at radius 2 is 1.87 bits per heavy atom. The molecular formula is C8H5F5IN. The summed E-state index contributed by atoms with van der Waals surface area (Å²) < 4.78 is 61.7. The highest BCUT2D eigenvalue weighted by molar-refractivity contribution is 14.1. The number of nitrogens with zero attached hydrogens (tertiary/aromatic N) is 1. The molecule has 0 atom stereocenters. The fraction of sp³-hybridized carbons (Fsp3) is 0.375. The highest BCUT2D eigenvalue weighted by atomic mass is 127. The van der Waals surface area contributed by atoms with Gasteiger partial charge >= 0.3 is 6.18 Å². The standard InChI is InChI=1S/C8H5F5IN/c1-3-2-4(14)5(8(11,12)13)6(15-3)7(9)10/h2,7H,1H3. The van der Waals surface area contributed by atoms with Crippen molar-refractivity contribution in [2.24, 2.45) is 0 Å². The Kier molecular flexibility index (Phi) is 3.51. The highest BCUT2D eigenvalue weighted by Gasteiger charge is 2.39. The van der Waals surface area contributed by atoms with Gasteiger partial charge in [0.05, 0.1) is 5.56 Å². The topological polar surface area (TPSA) is 12.9 Å². The lowest BCUT2D eigenvalue weighted by Gasteiger charge is -2.14. The van der Waals surface area contributed by atoms with E-state index in [9.17, 15) is 22.0 Å². The maximum absolute atomic E-state index is 12.4. The Labute approximate surface area is 95.8 Å². The summed E-state index contributed by atoms with van der Waals surface area (Å²) in [5, 5.41) is 0. The Morgan fingerprint density at radius 1 is 1.33 bits per heavy atom. The number of aryl methyl sites for hydroxylation is 1. The first kappa shape index (κ1) is 12.6. The van der Waals surface area contributed by atoms with Crippen LogP contribution >= 0.6 is 22.6 Å². The molecule has 0 aromatic carbocycles. The molecule has 1 aromatic rings. The summed E-state index contributed by atoms with van der Waals surface area (Å²) >= 11 is 1.38. The van der Waals surface area contributed by atoms with Gasteiger partial charge in [-0.2, -0.15) is 13.2 Å². The number of rotatable bonds is 1. The SMILES string of the molecule is Cc1cc(I)c(C(F)(F)F)c(C(F)F)n1. The molecule has 0 aliphatic rings. The predicted octanol–water partition coefficient (Wildman–Crippen LogP) is 3.95. The van der Waals surface area contributed by atoms with Crippen LogP contribution in [-0.4, -0.2) is 4.98 Å². The van der Waals surface area contributed by atoms with Gasteiger partial charge in [-0.1, -0.05) is 0 Å². The lowest BCUT2D eigenvalue weighted by molar-refractivity contribution is -0.140. The molecule has 0 bridgehead atoms. The largest absolute Gasteiger partial charge is 0.419 e. The quantitative estimate of drug-likeness (QED) is 0.559. The van der Waals surface area contributed by atoms with Crippen LogP contribution in [0.1, 0.15) is 23.4 Å². The number of hydrogen-bond donors (Lipinski definition) is 0. The van der Waals surface area contributed by atoms with Crippen LogP contribution in [0.25, 0.3) is 0 Å². The van der Waals surface area contributed by atoms with Crippen molar-refractivity contribution in [1.29, 1.82) is 0 Å². The number of hydrogen-bond acceptors (Lipinski definition) is 1. The molecule has 0 unspecified atom stereocenters. The zero-order valence-corrected chi connectivity index (χ0v) is 9.53. The van der Waals surface area contributed by atoms with Crippen LogP contribution in [0, 0.1) is 10.5 Å². The normalized spacial score (nSPS) is 12.3. The van der Waals surface area contributed by atoms with Crippen LogP contribution in [0.15, 0.2) is 6.07 Å². The van der Waals surface area contributed by atoms with E-state index in [4.69, 9.17) is 0 Å².